The smallest absolute Gasteiger partial charge is 0.416 e. The van der Waals surface area contributed by atoms with Gasteiger partial charge in [0.15, 0.2) is 17.3 Å². The number of carboxylic acid groups (broad SMARTS) is 1. The summed E-state index contributed by atoms with van der Waals surface area (Å²) in [5.74, 6) is -0.583. The van der Waals surface area contributed by atoms with E-state index in [0.29, 0.717) is 51.1 Å². The van der Waals surface area contributed by atoms with Crippen LogP contribution in [0.4, 0.5) is 74.6 Å². The van der Waals surface area contributed by atoms with Crippen LogP contribution in [0.3, 0.4) is 0 Å². The first-order chi connectivity index (χ1) is 42.9. The van der Waals surface area contributed by atoms with Gasteiger partial charge in [-0.15, -0.1) is 0 Å². The predicted octanol–water partition coefficient (Wildman–Crippen LogP) is 14.6. The largest absolute Gasteiger partial charge is 0.497 e. The van der Waals surface area contributed by atoms with Crippen LogP contribution in [0.5, 0.6) is 5.75 Å². The standard InChI is InChI=1S/C26H23F3N4O4.C18H15F3N4O3.C16H10F3N3O3/c1-3-33(36-16-17-4-11-21(35-2)12-5-17)24(34)22-13-10-20(14-30-22)32-25-31-15-23(37-25)18-6-8-19(9-7-18)26(27,28)29;1-2-25(27)16(26)14-8-7-13(9-22-14)24-17-23-10-15(28-17)11-3-5-12(6-4-11)18(19,20)21;17-16(18,19)10-3-1-9(2-4-10)13-8-21-15(25-13)22-11-5-6-12(14(23)24)20-7-11/h4-15H,3,16H2,1-2H3,(H,31,32);3-10,27H,2H2,1H3,(H,23,24);1-8H,(H,21,22)(H,23,24). The van der Waals surface area contributed by atoms with E-state index in [4.69, 9.17) is 27.9 Å². The molecular weight excluding hydrogens is 1210 g/mol. The fourth-order valence-corrected chi connectivity index (χ4v) is 7.59. The molecule has 466 valence electrons. The zero-order chi connectivity index (χ0) is 64.8. The van der Waals surface area contributed by atoms with E-state index in [9.17, 15) is 59.1 Å². The van der Waals surface area contributed by atoms with Crippen molar-refractivity contribution >= 4 is 52.9 Å². The number of oxazole rings is 3. The minimum absolute atomic E-state index is 0.0627. The van der Waals surface area contributed by atoms with Crippen LogP contribution in [0, 0.1) is 0 Å². The number of aromatic nitrogens is 6. The van der Waals surface area contributed by atoms with Crippen molar-refractivity contribution in [1.29, 1.82) is 0 Å². The summed E-state index contributed by atoms with van der Waals surface area (Å²) in [6.07, 6.45) is -4.99. The molecule has 0 fully saturated rings. The Bertz CT molecular complexity index is 3980. The Morgan fingerprint density at radius 3 is 1.12 bits per heavy atom. The molecule has 0 bridgehead atoms. The average Bonchev–Trinajstić information content (AvgIpc) is 2.23. The van der Waals surface area contributed by atoms with Crippen molar-refractivity contribution in [2.45, 2.75) is 39.0 Å². The lowest BCUT2D eigenvalue weighted by atomic mass is 10.1. The topological polar surface area (TPSA) is 269 Å². The van der Waals surface area contributed by atoms with Gasteiger partial charge in [0.2, 0.25) is 0 Å². The second kappa shape index (κ2) is 28.6. The van der Waals surface area contributed by atoms with Crippen LogP contribution < -0.4 is 20.7 Å². The maximum atomic E-state index is 12.8. The summed E-state index contributed by atoms with van der Waals surface area (Å²) in [6.45, 7) is 4.06. The highest BCUT2D eigenvalue weighted by atomic mass is 19.4. The number of hydroxylamine groups is 4. The molecule has 0 aliphatic rings. The minimum Gasteiger partial charge on any atom is -0.497 e. The highest BCUT2D eigenvalue weighted by molar-refractivity contribution is 5.92. The lowest BCUT2D eigenvalue weighted by molar-refractivity contribution is -0.138. The summed E-state index contributed by atoms with van der Waals surface area (Å²) in [6, 6.07) is 30.1. The number of hydrogen-bond acceptors (Lipinski definition) is 18. The van der Waals surface area contributed by atoms with E-state index in [1.54, 1.807) is 33.1 Å². The third-order valence-corrected chi connectivity index (χ3v) is 12.3. The molecule has 0 radical (unpaired) electrons. The van der Waals surface area contributed by atoms with E-state index in [-0.39, 0.29) is 59.8 Å². The van der Waals surface area contributed by atoms with Crippen LogP contribution in [-0.2, 0) is 30.0 Å². The summed E-state index contributed by atoms with van der Waals surface area (Å²) < 4.78 is 135. The molecule has 0 unspecified atom stereocenters. The molecule has 2 amide bonds. The molecular formula is C60H48F9N11O10. The first-order valence-corrected chi connectivity index (χ1v) is 26.3. The first-order valence-electron chi connectivity index (χ1n) is 26.3. The van der Waals surface area contributed by atoms with Crippen molar-refractivity contribution in [3.8, 4) is 39.7 Å². The second-order valence-electron chi connectivity index (χ2n) is 18.4. The Kier molecular flexibility index (Phi) is 20.6. The van der Waals surface area contributed by atoms with Gasteiger partial charge in [-0.05, 0) is 104 Å². The molecule has 90 heavy (non-hydrogen) atoms. The van der Waals surface area contributed by atoms with E-state index < -0.39 is 53.0 Å². The normalized spacial score (nSPS) is 11.3. The molecule has 0 aliphatic heterocycles. The molecule has 10 rings (SSSR count). The monoisotopic (exact) mass is 1250 g/mol. The summed E-state index contributed by atoms with van der Waals surface area (Å²) in [4.78, 5) is 64.9. The number of rotatable bonds is 18. The van der Waals surface area contributed by atoms with E-state index in [0.717, 1.165) is 47.7 Å². The van der Waals surface area contributed by atoms with Gasteiger partial charge in [0.1, 0.15) is 29.4 Å². The number of carbonyl (C=O) groups is 3. The molecule has 0 spiro atoms. The van der Waals surface area contributed by atoms with Crippen molar-refractivity contribution in [2.24, 2.45) is 0 Å². The van der Waals surface area contributed by atoms with E-state index in [1.165, 1.54) is 103 Å². The van der Waals surface area contributed by atoms with Crippen molar-refractivity contribution in [2.75, 3.05) is 36.1 Å². The zero-order valence-corrected chi connectivity index (χ0v) is 46.9. The van der Waals surface area contributed by atoms with E-state index >= 15 is 0 Å². The average molecular weight is 1250 g/mol. The maximum Gasteiger partial charge on any atom is 0.416 e. The Morgan fingerprint density at radius 1 is 0.467 bits per heavy atom. The Hall–Kier alpha value is -11.1. The number of methoxy groups -OCH3 is 1. The number of aromatic carboxylic acids is 1. The summed E-state index contributed by atoms with van der Waals surface area (Å²) >= 11 is 0. The number of ether oxygens (including phenoxy) is 1. The number of carboxylic acids is 1. The number of alkyl halides is 9. The van der Waals surface area contributed by atoms with Gasteiger partial charge in [-0.3, -0.25) is 19.6 Å². The number of pyridine rings is 3. The van der Waals surface area contributed by atoms with Gasteiger partial charge < -0.3 is 39.0 Å². The molecule has 6 heterocycles. The van der Waals surface area contributed by atoms with Gasteiger partial charge in [-0.25, -0.2) is 44.8 Å². The van der Waals surface area contributed by atoms with Gasteiger partial charge in [-0.1, -0.05) is 48.5 Å². The Morgan fingerprint density at radius 2 is 0.822 bits per heavy atom. The van der Waals surface area contributed by atoms with Crippen molar-refractivity contribution in [3.63, 3.8) is 0 Å². The molecule has 30 heteroatoms. The third-order valence-electron chi connectivity index (χ3n) is 12.3. The summed E-state index contributed by atoms with van der Waals surface area (Å²) in [7, 11) is 1.59. The minimum atomic E-state index is -4.41. The summed E-state index contributed by atoms with van der Waals surface area (Å²) in [5.41, 5.74) is 1.51. The van der Waals surface area contributed by atoms with Crippen LogP contribution >= 0.6 is 0 Å². The predicted molar refractivity (Wildman–Crippen MR) is 303 cm³/mol. The van der Waals surface area contributed by atoms with E-state index in [1.807, 2.05) is 24.3 Å². The molecule has 4 aromatic carbocycles. The number of anilines is 6. The zero-order valence-electron chi connectivity index (χ0n) is 46.9. The van der Waals surface area contributed by atoms with Gasteiger partial charge >= 0.3 is 24.5 Å². The van der Waals surface area contributed by atoms with Crippen molar-refractivity contribution in [3.05, 3.63) is 210 Å². The SMILES string of the molecule is CCN(O)C(=O)c1ccc(Nc2ncc(-c3ccc(C(F)(F)F)cc3)o2)cn1.CCN(OCc1ccc(OC)cc1)C(=O)c1ccc(Nc2ncc(-c3ccc(C(F)(F)F)cc3)o2)cn1.O=C(O)c1ccc(Nc2ncc(-c3ccc(C(F)(F)F)cc3)o2)cn1. The molecule has 0 aliphatic carbocycles. The fraction of sp³-hybridized carbons (Fsp3) is 0.150. The lowest BCUT2D eigenvalue weighted by Gasteiger charge is -2.20. The van der Waals surface area contributed by atoms with Crippen molar-refractivity contribution < 1.29 is 87.0 Å². The van der Waals surface area contributed by atoms with Crippen LogP contribution in [0.2, 0.25) is 0 Å². The number of halogens is 9. The molecule has 5 N–H and O–H groups in total. The number of nitrogens with zero attached hydrogens (tertiary/aromatic N) is 8. The summed E-state index contributed by atoms with van der Waals surface area (Å²) in [5, 5.41) is 28.5. The molecule has 0 saturated carbocycles. The first kappa shape index (κ1) is 64.8. The number of nitrogens with one attached hydrogen (secondary N) is 3. The van der Waals surface area contributed by atoms with Crippen LogP contribution in [-0.4, -0.2) is 88.3 Å². The highest BCUT2D eigenvalue weighted by Crippen LogP contribution is 2.35. The Balaban J connectivity index is 0.000000178. The van der Waals surface area contributed by atoms with Gasteiger partial charge in [0.25, 0.3) is 29.9 Å². The third kappa shape index (κ3) is 17.5. The number of hydrogen-bond donors (Lipinski definition) is 5. The van der Waals surface area contributed by atoms with Gasteiger partial charge in [-0.2, -0.15) is 39.5 Å². The second-order valence-corrected chi connectivity index (χ2v) is 18.4. The van der Waals surface area contributed by atoms with Crippen molar-refractivity contribution in [1.82, 2.24) is 40.0 Å². The molecule has 0 atom stereocenters. The lowest BCUT2D eigenvalue weighted by Crippen LogP contribution is -2.31. The fourth-order valence-electron chi connectivity index (χ4n) is 7.59. The molecule has 6 aromatic heterocycles. The molecule has 21 nitrogen and oxygen atoms in total. The number of benzene rings is 4. The number of carbonyl (C=O) groups excluding carboxylic acids is 2. The number of amides is 2. The molecule has 10 aromatic rings. The quantitative estimate of drug-likeness (QED) is 0.0303. The van der Waals surface area contributed by atoms with Gasteiger partial charge in [0.05, 0.1) is 78.0 Å². The van der Waals surface area contributed by atoms with Gasteiger partial charge in [0, 0.05) is 29.8 Å². The maximum absolute atomic E-state index is 12.8. The van der Waals surface area contributed by atoms with Crippen LogP contribution in [0.15, 0.2) is 184 Å². The molecule has 0 saturated heterocycles. The van der Waals surface area contributed by atoms with Crippen LogP contribution in [0.1, 0.15) is 67.6 Å². The van der Waals surface area contributed by atoms with E-state index in [2.05, 4.69) is 45.9 Å². The Labute approximate surface area is 503 Å². The van der Waals surface area contributed by atoms with Crippen LogP contribution in [0.25, 0.3) is 34.0 Å². The highest BCUT2D eigenvalue weighted by Gasteiger charge is 2.32.